The van der Waals surface area contributed by atoms with E-state index in [1.807, 2.05) is 0 Å². The van der Waals surface area contributed by atoms with Gasteiger partial charge < -0.3 is 13.6 Å². The van der Waals surface area contributed by atoms with E-state index in [0.29, 0.717) is 0 Å². The molecule has 0 saturated carbocycles. The Balaban J connectivity index is 1.02. The normalized spacial score (nSPS) is 11.9. The van der Waals surface area contributed by atoms with Crippen LogP contribution >= 0.6 is 0 Å². The Morgan fingerprint density at radius 3 is 1.28 bits per heavy atom. The zero-order valence-electron chi connectivity index (χ0n) is 30.9. The van der Waals surface area contributed by atoms with Crippen LogP contribution in [0.3, 0.4) is 0 Å². The Labute approximate surface area is 328 Å². The van der Waals surface area contributed by atoms with Crippen LogP contribution in [0.15, 0.2) is 211 Å². The van der Waals surface area contributed by atoms with E-state index in [-0.39, 0.29) is 0 Å². The predicted molar refractivity (Wildman–Crippen MR) is 239 cm³/mol. The third-order valence-electron chi connectivity index (χ3n) is 11.7. The van der Waals surface area contributed by atoms with E-state index in [1.165, 1.54) is 71.4 Å². The molecule has 0 unspecified atom stereocenters. The van der Waals surface area contributed by atoms with Crippen molar-refractivity contribution in [1.82, 2.24) is 9.13 Å². The van der Waals surface area contributed by atoms with E-state index in [2.05, 4.69) is 215 Å². The SMILES string of the molecule is c1ccc(-c2cc(-c3ccccc3)cc(-n3c4ccccc4c4cc(-c5ccc6oc7ccc(-n8c9ccccc9c9ccccc98)cc7c6c5)ccc43)c2)cc1. The molecule has 0 aliphatic carbocycles. The van der Waals surface area contributed by atoms with E-state index in [0.717, 1.165) is 38.9 Å². The van der Waals surface area contributed by atoms with E-state index < -0.39 is 0 Å². The summed E-state index contributed by atoms with van der Waals surface area (Å²) in [5, 5.41) is 7.18. The van der Waals surface area contributed by atoms with Crippen molar-refractivity contribution in [3.05, 3.63) is 206 Å². The molecule has 57 heavy (non-hydrogen) atoms. The fourth-order valence-electron chi connectivity index (χ4n) is 9.05. The molecule has 0 atom stereocenters. The summed E-state index contributed by atoms with van der Waals surface area (Å²) in [5.41, 5.74) is 15.9. The summed E-state index contributed by atoms with van der Waals surface area (Å²) in [6.07, 6.45) is 0. The monoisotopic (exact) mass is 726 g/mol. The summed E-state index contributed by atoms with van der Waals surface area (Å²) in [4.78, 5) is 0. The number of para-hydroxylation sites is 3. The van der Waals surface area contributed by atoms with Crippen LogP contribution in [0.25, 0.3) is 110 Å². The fraction of sp³-hybridized carbons (Fsp3) is 0. The lowest BCUT2D eigenvalue weighted by molar-refractivity contribution is 0.669. The summed E-state index contributed by atoms with van der Waals surface area (Å²) in [6.45, 7) is 0. The van der Waals surface area contributed by atoms with Crippen molar-refractivity contribution in [2.24, 2.45) is 0 Å². The summed E-state index contributed by atoms with van der Waals surface area (Å²) < 4.78 is 11.2. The van der Waals surface area contributed by atoms with Gasteiger partial charge >= 0.3 is 0 Å². The minimum atomic E-state index is 0.887. The van der Waals surface area contributed by atoms with Crippen molar-refractivity contribution in [3.63, 3.8) is 0 Å². The molecule has 0 aliphatic heterocycles. The van der Waals surface area contributed by atoms with Gasteiger partial charge in [-0.2, -0.15) is 0 Å². The Morgan fingerprint density at radius 1 is 0.246 bits per heavy atom. The summed E-state index contributed by atoms with van der Waals surface area (Å²) in [6, 6.07) is 74.5. The zero-order chi connectivity index (χ0) is 37.5. The molecule has 12 rings (SSSR count). The van der Waals surface area contributed by atoms with Crippen molar-refractivity contribution >= 4 is 65.6 Å². The first-order chi connectivity index (χ1) is 28.2. The van der Waals surface area contributed by atoms with Crippen molar-refractivity contribution in [1.29, 1.82) is 0 Å². The highest BCUT2D eigenvalue weighted by atomic mass is 16.3. The lowest BCUT2D eigenvalue weighted by Gasteiger charge is -2.14. The van der Waals surface area contributed by atoms with Gasteiger partial charge in [-0.3, -0.25) is 0 Å². The van der Waals surface area contributed by atoms with Gasteiger partial charge in [0.2, 0.25) is 0 Å². The second-order valence-electron chi connectivity index (χ2n) is 14.9. The summed E-state index contributed by atoms with van der Waals surface area (Å²) >= 11 is 0. The van der Waals surface area contributed by atoms with Crippen molar-refractivity contribution in [2.45, 2.75) is 0 Å². The number of hydrogen-bond donors (Lipinski definition) is 0. The molecule has 0 bridgehead atoms. The van der Waals surface area contributed by atoms with Crippen LogP contribution in [0.1, 0.15) is 0 Å². The van der Waals surface area contributed by atoms with Crippen LogP contribution in [-0.2, 0) is 0 Å². The highest BCUT2D eigenvalue weighted by Crippen LogP contribution is 2.40. The number of furan rings is 1. The van der Waals surface area contributed by atoms with Gasteiger partial charge in [0.1, 0.15) is 11.2 Å². The number of benzene rings is 9. The molecule has 12 aromatic rings. The highest BCUT2D eigenvalue weighted by molar-refractivity contribution is 6.13. The fourth-order valence-corrected chi connectivity index (χ4v) is 9.05. The van der Waals surface area contributed by atoms with Gasteiger partial charge in [-0.05, 0) is 112 Å². The van der Waals surface area contributed by atoms with Gasteiger partial charge in [-0.1, -0.05) is 127 Å². The van der Waals surface area contributed by atoms with Crippen molar-refractivity contribution in [3.8, 4) is 44.8 Å². The van der Waals surface area contributed by atoms with Gasteiger partial charge in [0, 0.05) is 43.7 Å². The molecule has 0 aliphatic rings. The van der Waals surface area contributed by atoms with Crippen LogP contribution < -0.4 is 0 Å². The average molecular weight is 727 g/mol. The molecule has 3 nitrogen and oxygen atoms in total. The minimum Gasteiger partial charge on any atom is -0.456 e. The molecule has 0 spiro atoms. The molecule has 0 radical (unpaired) electrons. The Morgan fingerprint density at radius 2 is 0.684 bits per heavy atom. The van der Waals surface area contributed by atoms with Gasteiger partial charge in [-0.25, -0.2) is 0 Å². The van der Waals surface area contributed by atoms with E-state index >= 15 is 0 Å². The number of hydrogen-bond acceptors (Lipinski definition) is 1. The number of rotatable bonds is 5. The van der Waals surface area contributed by atoms with Crippen molar-refractivity contribution in [2.75, 3.05) is 0 Å². The molecule has 3 heterocycles. The maximum absolute atomic E-state index is 6.44. The van der Waals surface area contributed by atoms with Crippen molar-refractivity contribution < 1.29 is 4.42 Å². The first-order valence-corrected chi connectivity index (χ1v) is 19.5. The zero-order valence-corrected chi connectivity index (χ0v) is 30.9. The van der Waals surface area contributed by atoms with E-state index in [1.54, 1.807) is 0 Å². The molecule has 3 heteroatoms. The molecule has 0 N–H and O–H groups in total. The highest BCUT2D eigenvalue weighted by Gasteiger charge is 2.18. The smallest absolute Gasteiger partial charge is 0.135 e. The summed E-state index contributed by atoms with van der Waals surface area (Å²) in [5.74, 6) is 0. The number of fused-ring (bicyclic) bond motifs is 9. The predicted octanol–water partition coefficient (Wildman–Crippen LogP) is 14.8. The average Bonchev–Trinajstić information content (AvgIpc) is 3.94. The van der Waals surface area contributed by atoms with Crippen LogP contribution in [-0.4, -0.2) is 9.13 Å². The van der Waals surface area contributed by atoms with Gasteiger partial charge in [-0.15, -0.1) is 0 Å². The van der Waals surface area contributed by atoms with Crippen LogP contribution in [0.5, 0.6) is 0 Å². The van der Waals surface area contributed by atoms with Gasteiger partial charge in [0.25, 0.3) is 0 Å². The van der Waals surface area contributed by atoms with Gasteiger partial charge in [0.15, 0.2) is 0 Å². The molecule has 0 amide bonds. The first-order valence-electron chi connectivity index (χ1n) is 19.5. The number of nitrogens with zero attached hydrogens (tertiary/aromatic N) is 2. The largest absolute Gasteiger partial charge is 0.456 e. The second kappa shape index (κ2) is 12.5. The minimum absolute atomic E-state index is 0.887. The Bertz CT molecular complexity index is 3400. The van der Waals surface area contributed by atoms with Crippen LogP contribution in [0, 0.1) is 0 Å². The molecule has 9 aromatic carbocycles. The molecule has 266 valence electrons. The second-order valence-corrected chi connectivity index (χ2v) is 14.9. The standard InChI is InChI=1S/C54H34N2O/c1-3-13-35(14-4-1)39-29-40(36-15-5-2-6-16-36)31-42(30-39)56-51-22-12-9-19-45(51)46-32-37(23-26-52(46)56)38-24-27-53-47(33-38)48-34-41(25-28-54(48)57-53)55-49-20-10-7-17-43(49)44-18-8-11-21-50(44)55/h1-34H. The van der Waals surface area contributed by atoms with Gasteiger partial charge in [0.05, 0.1) is 22.1 Å². The van der Waals surface area contributed by atoms with Crippen LogP contribution in [0.4, 0.5) is 0 Å². The lowest BCUT2D eigenvalue weighted by Crippen LogP contribution is -1.96. The maximum atomic E-state index is 6.44. The number of aromatic nitrogens is 2. The maximum Gasteiger partial charge on any atom is 0.135 e. The first kappa shape index (κ1) is 31.7. The molecular formula is C54H34N2O. The molecule has 0 fully saturated rings. The third-order valence-corrected chi connectivity index (χ3v) is 11.7. The lowest BCUT2D eigenvalue weighted by atomic mass is 9.98. The van der Waals surface area contributed by atoms with E-state index in [4.69, 9.17) is 4.42 Å². The molecular weight excluding hydrogens is 693 g/mol. The summed E-state index contributed by atoms with van der Waals surface area (Å²) in [7, 11) is 0. The Hall–Kier alpha value is -7.62. The van der Waals surface area contributed by atoms with E-state index in [9.17, 15) is 0 Å². The quantitative estimate of drug-likeness (QED) is 0.173. The molecule has 0 saturated heterocycles. The molecule has 3 aromatic heterocycles. The third kappa shape index (κ3) is 4.99. The topological polar surface area (TPSA) is 23.0 Å². The van der Waals surface area contributed by atoms with Crippen LogP contribution in [0.2, 0.25) is 0 Å². The Kier molecular flexibility index (Phi) is 6.93.